The number of rotatable bonds is 5. The molecule has 4 heteroatoms. The van der Waals surface area contributed by atoms with Gasteiger partial charge in [0.1, 0.15) is 6.04 Å². The molecule has 0 bridgehead atoms. The molecule has 0 aliphatic rings. The fourth-order valence-corrected chi connectivity index (χ4v) is 0.813. The highest BCUT2D eigenvalue weighted by atomic mass is 16.6. The molecule has 0 heterocycles. The molecule has 0 aromatic carbocycles. The fourth-order valence-electron chi connectivity index (χ4n) is 0.813. The van der Waals surface area contributed by atoms with E-state index in [2.05, 4.69) is 10.3 Å². The minimum atomic E-state index is -0.874. The van der Waals surface area contributed by atoms with Crippen molar-refractivity contribution < 1.29 is 14.7 Å². The maximum Gasteiger partial charge on any atom is 0.323 e. The van der Waals surface area contributed by atoms with Crippen LogP contribution in [-0.4, -0.2) is 24.2 Å². The molecule has 0 amide bonds. The number of aliphatic carboxylic acids is 1. The van der Waals surface area contributed by atoms with Gasteiger partial charge in [-0.3, -0.25) is 4.79 Å². The molecule has 0 spiro atoms. The normalized spacial score (nSPS) is 13.5. The van der Waals surface area contributed by atoms with Crippen LogP contribution in [0.1, 0.15) is 20.3 Å². The third-order valence-electron chi connectivity index (χ3n) is 1.27. The standard InChI is InChI=1S/C7H15NO3/c1-5(2)4-6(7(9)10)8-11-3/h5-6,8H,4H2,1-3H3,(H,9,10)/t6-/m0/s1. The summed E-state index contributed by atoms with van der Waals surface area (Å²) in [4.78, 5) is 15.0. The van der Waals surface area contributed by atoms with Crippen LogP contribution in [0.2, 0.25) is 0 Å². The van der Waals surface area contributed by atoms with Crippen LogP contribution in [-0.2, 0) is 9.63 Å². The van der Waals surface area contributed by atoms with Crippen LogP contribution in [0.25, 0.3) is 0 Å². The van der Waals surface area contributed by atoms with Gasteiger partial charge in [0.05, 0.1) is 7.11 Å². The largest absolute Gasteiger partial charge is 0.480 e. The van der Waals surface area contributed by atoms with Crippen molar-refractivity contribution in [1.82, 2.24) is 5.48 Å². The van der Waals surface area contributed by atoms with Crippen molar-refractivity contribution in [3.63, 3.8) is 0 Å². The van der Waals surface area contributed by atoms with E-state index in [9.17, 15) is 4.79 Å². The monoisotopic (exact) mass is 161 g/mol. The Morgan fingerprint density at radius 2 is 2.18 bits per heavy atom. The molecule has 0 saturated carbocycles. The first-order valence-corrected chi connectivity index (χ1v) is 3.59. The molecule has 0 aromatic rings. The van der Waals surface area contributed by atoms with Crippen molar-refractivity contribution in [2.24, 2.45) is 5.92 Å². The van der Waals surface area contributed by atoms with Gasteiger partial charge in [-0.05, 0) is 12.3 Å². The maximum atomic E-state index is 10.5. The van der Waals surface area contributed by atoms with E-state index in [1.807, 2.05) is 13.8 Å². The smallest absolute Gasteiger partial charge is 0.323 e. The number of carboxylic acid groups (broad SMARTS) is 1. The van der Waals surface area contributed by atoms with E-state index in [0.29, 0.717) is 12.3 Å². The summed E-state index contributed by atoms with van der Waals surface area (Å²) in [6.07, 6.45) is 0.573. The summed E-state index contributed by atoms with van der Waals surface area (Å²) >= 11 is 0. The Kier molecular flexibility index (Phi) is 4.81. The second kappa shape index (κ2) is 5.09. The van der Waals surface area contributed by atoms with E-state index in [4.69, 9.17) is 5.11 Å². The molecule has 11 heavy (non-hydrogen) atoms. The third kappa shape index (κ3) is 4.75. The zero-order chi connectivity index (χ0) is 8.85. The van der Waals surface area contributed by atoms with E-state index < -0.39 is 12.0 Å². The summed E-state index contributed by atoms with van der Waals surface area (Å²) in [7, 11) is 1.41. The minimum Gasteiger partial charge on any atom is -0.480 e. The minimum absolute atomic E-state index is 0.346. The summed E-state index contributed by atoms with van der Waals surface area (Å²) in [5, 5.41) is 8.61. The quantitative estimate of drug-likeness (QED) is 0.581. The lowest BCUT2D eigenvalue weighted by molar-refractivity contribution is -0.143. The average Bonchev–Trinajstić information content (AvgIpc) is 1.86. The van der Waals surface area contributed by atoms with Crippen LogP contribution in [0.15, 0.2) is 0 Å². The highest BCUT2D eigenvalue weighted by Crippen LogP contribution is 2.04. The topological polar surface area (TPSA) is 58.6 Å². The molecule has 0 aromatic heterocycles. The summed E-state index contributed by atoms with van der Waals surface area (Å²) in [5.74, 6) is -0.528. The van der Waals surface area contributed by atoms with Crippen LogP contribution in [0.5, 0.6) is 0 Å². The van der Waals surface area contributed by atoms with Gasteiger partial charge in [-0.25, -0.2) is 0 Å². The number of hydroxylamine groups is 1. The summed E-state index contributed by atoms with van der Waals surface area (Å²) in [6.45, 7) is 3.93. The van der Waals surface area contributed by atoms with E-state index in [1.54, 1.807) is 0 Å². The van der Waals surface area contributed by atoms with Gasteiger partial charge < -0.3 is 9.94 Å². The Morgan fingerprint density at radius 1 is 1.64 bits per heavy atom. The van der Waals surface area contributed by atoms with Gasteiger partial charge in [0.25, 0.3) is 0 Å². The molecule has 0 rings (SSSR count). The van der Waals surface area contributed by atoms with Crippen LogP contribution >= 0.6 is 0 Å². The molecule has 0 aliphatic heterocycles. The molecule has 66 valence electrons. The molecular formula is C7H15NO3. The number of carbonyl (C=O) groups is 1. The lowest BCUT2D eigenvalue weighted by atomic mass is 10.1. The van der Waals surface area contributed by atoms with Crippen molar-refractivity contribution in [3.8, 4) is 0 Å². The average molecular weight is 161 g/mol. The number of nitrogens with one attached hydrogen (secondary N) is 1. The maximum absolute atomic E-state index is 10.5. The SMILES string of the molecule is CON[C@@H](CC(C)C)C(=O)O. The van der Waals surface area contributed by atoms with Gasteiger partial charge in [-0.15, -0.1) is 0 Å². The van der Waals surface area contributed by atoms with E-state index in [1.165, 1.54) is 7.11 Å². The molecule has 0 aliphatic carbocycles. The first-order chi connectivity index (χ1) is 5.07. The van der Waals surface area contributed by atoms with Crippen molar-refractivity contribution in [3.05, 3.63) is 0 Å². The van der Waals surface area contributed by atoms with Crippen LogP contribution in [0, 0.1) is 5.92 Å². The third-order valence-corrected chi connectivity index (χ3v) is 1.27. The van der Waals surface area contributed by atoms with Crippen LogP contribution < -0.4 is 5.48 Å². The van der Waals surface area contributed by atoms with Crippen LogP contribution in [0.4, 0.5) is 0 Å². The Hall–Kier alpha value is -0.610. The summed E-state index contributed by atoms with van der Waals surface area (Å²) < 4.78 is 0. The van der Waals surface area contributed by atoms with Crippen molar-refractivity contribution in [2.45, 2.75) is 26.3 Å². The molecular weight excluding hydrogens is 146 g/mol. The second-order valence-corrected chi connectivity index (χ2v) is 2.84. The van der Waals surface area contributed by atoms with Crippen molar-refractivity contribution in [2.75, 3.05) is 7.11 Å². The lowest BCUT2D eigenvalue weighted by Crippen LogP contribution is -2.36. The van der Waals surface area contributed by atoms with Gasteiger partial charge in [-0.1, -0.05) is 13.8 Å². The number of hydrogen-bond acceptors (Lipinski definition) is 3. The first-order valence-electron chi connectivity index (χ1n) is 3.59. The highest BCUT2D eigenvalue weighted by molar-refractivity contribution is 5.73. The van der Waals surface area contributed by atoms with Gasteiger partial charge in [-0.2, -0.15) is 5.48 Å². The first kappa shape index (κ1) is 10.4. The Bertz CT molecular complexity index is 125. The molecule has 4 nitrogen and oxygen atoms in total. The Morgan fingerprint density at radius 3 is 2.45 bits per heavy atom. The van der Waals surface area contributed by atoms with E-state index >= 15 is 0 Å². The highest BCUT2D eigenvalue weighted by Gasteiger charge is 2.17. The zero-order valence-electron chi connectivity index (χ0n) is 7.13. The predicted octanol–water partition coefficient (Wildman–Crippen LogP) is 0.637. The van der Waals surface area contributed by atoms with Crippen molar-refractivity contribution in [1.29, 1.82) is 0 Å². The Balaban J connectivity index is 3.79. The molecule has 0 radical (unpaired) electrons. The van der Waals surface area contributed by atoms with Gasteiger partial charge in [0.2, 0.25) is 0 Å². The zero-order valence-corrected chi connectivity index (χ0v) is 7.13. The van der Waals surface area contributed by atoms with Crippen LogP contribution in [0.3, 0.4) is 0 Å². The summed E-state index contributed by atoms with van der Waals surface area (Å²) in [5.41, 5.74) is 2.41. The summed E-state index contributed by atoms with van der Waals surface area (Å²) in [6, 6.07) is -0.597. The van der Waals surface area contributed by atoms with Gasteiger partial charge in [0.15, 0.2) is 0 Å². The van der Waals surface area contributed by atoms with Crippen molar-refractivity contribution >= 4 is 5.97 Å². The van der Waals surface area contributed by atoms with E-state index in [-0.39, 0.29) is 0 Å². The molecule has 0 saturated heterocycles. The second-order valence-electron chi connectivity index (χ2n) is 2.84. The predicted molar refractivity (Wildman–Crippen MR) is 41.0 cm³/mol. The van der Waals surface area contributed by atoms with E-state index in [0.717, 1.165) is 0 Å². The number of hydrogen-bond donors (Lipinski definition) is 2. The number of carboxylic acids is 1. The molecule has 1 atom stereocenters. The fraction of sp³-hybridized carbons (Fsp3) is 0.857. The lowest BCUT2D eigenvalue weighted by Gasteiger charge is -2.13. The Labute approximate surface area is 66.5 Å². The molecule has 0 unspecified atom stereocenters. The van der Waals surface area contributed by atoms with Gasteiger partial charge >= 0.3 is 5.97 Å². The molecule has 0 fully saturated rings. The molecule has 2 N–H and O–H groups in total. The van der Waals surface area contributed by atoms with Gasteiger partial charge in [0, 0.05) is 0 Å².